The topological polar surface area (TPSA) is 99.8 Å². The maximum Gasteiger partial charge on any atom is 0.319 e. The number of nitrogens with one attached hydrogen (secondary N) is 3. The average molecular weight is 455 g/mol. The number of methoxy groups -OCH3 is 1. The van der Waals surface area contributed by atoms with Gasteiger partial charge in [0.2, 0.25) is 5.91 Å². The summed E-state index contributed by atoms with van der Waals surface area (Å²) in [4.78, 5) is 38.5. The van der Waals surface area contributed by atoms with E-state index in [0.29, 0.717) is 47.1 Å². The van der Waals surface area contributed by atoms with Crippen molar-refractivity contribution in [2.24, 2.45) is 0 Å². The maximum absolute atomic E-state index is 12.9. The number of fused-ring (bicyclic) bond motifs is 1. The highest BCUT2D eigenvalue weighted by Gasteiger charge is 2.36. The number of nitrogens with zero attached hydrogens (tertiary/aromatic N) is 1. The molecule has 2 aromatic rings. The fourth-order valence-electron chi connectivity index (χ4n) is 4.00. The Bertz CT molecular complexity index is 1120. The smallest absolute Gasteiger partial charge is 0.319 e. The highest BCUT2D eigenvalue weighted by Crippen LogP contribution is 2.30. The molecular formula is C23H23ClN4O4. The maximum atomic E-state index is 12.9. The Balaban J connectivity index is 1.39. The second-order valence-corrected chi connectivity index (χ2v) is 8.14. The van der Waals surface area contributed by atoms with Crippen molar-refractivity contribution < 1.29 is 19.1 Å². The van der Waals surface area contributed by atoms with Crippen LogP contribution in [0.4, 0.5) is 10.5 Å². The first kappa shape index (κ1) is 21.7. The lowest BCUT2D eigenvalue weighted by Crippen LogP contribution is -2.45. The number of hydrogen-bond donors (Lipinski definition) is 3. The van der Waals surface area contributed by atoms with Crippen molar-refractivity contribution in [1.29, 1.82) is 0 Å². The Labute approximate surface area is 190 Å². The van der Waals surface area contributed by atoms with E-state index in [1.165, 1.54) is 7.11 Å². The molecule has 1 atom stereocenters. The number of benzene rings is 2. The molecule has 4 amide bonds. The van der Waals surface area contributed by atoms with Crippen molar-refractivity contribution in [2.75, 3.05) is 12.4 Å². The van der Waals surface area contributed by atoms with E-state index in [1.807, 2.05) is 12.1 Å². The number of anilines is 1. The number of ether oxygens (including phenoxy) is 1. The van der Waals surface area contributed by atoms with Crippen LogP contribution in [0.3, 0.4) is 0 Å². The zero-order chi connectivity index (χ0) is 22.8. The van der Waals surface area contributed by atoms with Crippen LogP contribution in [0.1, 0.15) is 34.3 Å². The normalized spacial score (nSPS) is 17.6. The zero-order valence-electron chi connectivity index (χ0n) is 17.5. The first-order valence-corrected chi connectivity index (χ1v) is 10.5. The van der Waals surface area contributed by atoms with E-state index in [2.05, 4.69) is 22.5 Å². The van der Waals surface area contributed by atoms with Gasteiger partial charge in [0, 0.05) is 35.8 Å². The number of carbonyl (C=O) groups excluding carboxylic acids is 3. The lowest BCUT2D eigenvalue weighted by atomic mass is 10.0. The second kappa shape index (κ2) is 8.92. The first-order chi connectivity index (χ1) is 15.4. The molecule has 0 aliphatic carbocycles. The van der Waals surface area contributed by atoms with Gasteiger partial charge in [-0.3, -0.25) is 9.59 Å². The molecular weight excluding hydrogens is 432 g/mol. The molecule has 1 saturated heterocycles. The lowest BCUT2D eigenvalue weighted by Gasteiger charge is -2.32. The molecule has 0 aromatic heterocycles. The van der Waals surface area contributed by atoms with E-state index in [4.69, 9.17) is 16.3 Å². The van der Waals surface area contributed by atoms with Crippen LogP contribution in [-0.2, 0) is 17.9 Å². The quantitative estimate of drug-likeness (QED) is 0.644. The van der Waals surface area contributed by atoms with Crippen molar-refractivity contribution in [3.63, 3.8) is 0 Å². The standard InChI is InChI=1S/C23H23ClN4O4/c1-13-19(6-8-21(29)26-13)28-12-15-9-14(3-5-17(15)22(28)30)11-25-23(31)27-18-10-16(24)4-7-20(18)32-2/h3-5,7,9-10,19H,1,6,8,11-12H2,2H3,(H,26,29)(H2,25,27,31). The molecule has 9 heteroatoms. The third-order valence-corrected chi connectivity index (χ3v) is 5.82. The van der Waals surface area contributed by atoms with E-state index in [0.717, 1.165) is 11.1 Å². The van der Waals surface area contributed by atoms with Gasteiger partial charge in [0.25, 0.3) is 5.91 Å². The third-order valence-electron chi connectivity index (χ3n) is 5.59. The SMILES string of the molecule is C=C1NC(=O)CCC1N1Cc2cc(CNC(=O)Nc3cc(Cl)ccc3OC)ccc2C1=O. The van der Waals surface area contributed by atoms with Crippen molar-refractivity contribution in [3.8, 4) is 5.75 Å². The van der Waals surface area contributed by atoms with Crippen LogP contribution in [0.25, 0.3) is 0 Å². The van der Waals surface area contributed by atoms with Crippen molar-refractivity contribution in [2.45, 2.75) is 32.0 Å². The van der Waals surface area contributed by atoms with E-state index >= 15 is 0 Å². The summed E-state index contributed by atoms with van der Waals surface area (Å²) in [5.74, 6) is 0.353. The number of piperidine rings is 1. The van der Waals surface area contributed by atoms with Crippen molar-refractivity contribution >= 4 is 35.1 Å². The van der Waals surface area contributed by atoms with Gasteiger partial charge in [-0.15, -0.1) is 0 Å². The fourth-order valence-corrected chi connectivity index (χ4v) is 4.17. The van der Waals surface area contributed by atoms with Gasteiger partial charge in [-0.25, -0.2) is 4.79 Å². The molecule has 0 radical (unpaired) electrons. The molecule has 8 nitrogen and oxygen atoms in total. The predicted octanol–water partition coefficient (Wildman–Crippen LogP) is 3.42. The van der Waals surface area contributed by atoms with Gasteiger partial charge >= 0.3 is 6.03 Å². The molecule has 2 heterocycles. The molecule has 1 fully saturated rings. The fraction of sp³-hybridized carbons (Fsp3) is 0.261. The van der Waals surface area contributed by atoms with E-state index in [1.54, 1.807) is 29.2 Å². The Morgan fingerprint density at radius 2 is 2.09 bits per heavy atom. The number of urea groups is 1. The zero-order valence-corrected chi connectivity index (χ0v) is 18.3. The summed E-state index contributed by atoms with van der Waals surface area (Å²) in [6, 6.07) is 9.84. The Hall–Kier alpha value is -3.52. The van der Waals surface area contributed by atoms with Crippen LogP contribution in [-0.4, -0.2) is 35.9 Å². The van der Waals surface area contributed by atoms with E-state index in [9.17, 15) is 14.4 Å². The van der Waals surface area contributed by atoms with Crippen LogP contribution in [0.15, 0.2) is 48.7 Å². The number of hydrogen-bond acceptors (Lipinski definition) is 4. The average Bonchev–Trinajstić information content (AvgIpc) is 3.08. The molecule has 166 valence electrons. The molecule has 2 aromatic carbocycles. The van der Waals surface area contributed by atoms with Crippen molar-refractivity contribution in [3.05, 3.63) is 70.4 Å². The molecule has 0 saturated carbocycles. The summed E-state index contributed by atoms with van der Waals surface area (Å²) in [7, 11) is 1.51. The summed E-state index contributed by atoms with van der Waals surface area (Å²) in [6.07, 6.45) is 0.928. The molecule has 2 aliphatic heterocycles. The van der Waals surface area contributed by atoms with E-state index < -0.39 is 6.03 Å². The predicted molar refractivity (Wildman–Crippen MR) is 120 cm³/mol. The molecule has 0 spiro atoms. The van der Waals surface area contributed by atoms with E-state index in [-0.39, 0.29) is 24.4 Å². The van der Waals surface area contributed by atoms with Gasteiger partial charge in [-0.2, -0.15) is 0 Å². The van der Waals surface area contributed by atoms with Gasteiger partial charge in [-0.1, -0.05) is 30.3 Å². The minimum absolute atomic E-state index is 0.0718. The van der Waals surface area contributed by atoms with Crippen molar-refractivity contribution in [1.82, 2.24) is 15.5 Å². The summed E-state index contributed by atoms with van der Waals surface area (Å²) >= 11 is 6.00. The monoisotopic (exact) mass is 454 g/mol. The summed E-state index contributed by atoms with van der Waals surface area (Å²) < 4.78 is 5.23. The lowest BCUT2D eigenvalue weighted by molar-refractivity contribution is -0.121. The molecule has 2 aliphatic rings. The molecule has 4 rings (SSSR count). The van der Waals surface area contributed by atoms with Gasteiger partial charge in [0.15, 0.2) is 0 Å². The summed E-state index contributed by atoms with van der Waals surface area (Å²) in [6.45, 7) is 4.63. The Morgan fingerprint density at radius 1 is 1.28 bits per heavy atom. The van der Waals surface area contributed by atoms with Crippen LogP contribution in [0.2, 0.25) is 5.02 Å². The van der Waals surface area contributed by atoms with Crippen LogP contribution in [0.5, 0.6) is 5.75 Å². The molecule has 3 N–H and O–H groups in total. The molecule has 1 unspecified atom stereocenters. The number of carbonyl (C=O) groups is 3. The number of rotatable bonds is 5. The van der Waals surface area contributed by atoms with Crippen LogP contribution < -0.4 is 20.7 Å². The minimum atomic E-state index is -0.405. The Morgan fingerprint density at radius 3 is 2.84 bits per heavy atom. The molecule has 0 bridgehead atoms. The number of amides is 4. The third kappa shape index (κ3) is 4.40. The van der Waals surface area contributed by atoms with Crippen LogP contribution in [0, 0.1) is 0 Å². The first-order valence-electron chi connectivity index (χ1n) is 10.2. The minimum Gasteiger partial charge on any atom is -0.495 e. The highest BCUT2D eigenvalue weighted by molar-refractivity contribution is 6.31. The number of halogens is 1. The van der Waals surface area contributed by atoms with Crippen LogP contribution >= 0.6 is 11.6 Å². The second-order valence-electron chi connectivity index (χ2n) is 7.70. The molecule has 32 heavy (non-hydrogen) atoms. The largest absolute Gasteiger partial charge is 0.495 e. The van der Waals surface area contributed by atoms with Gasteiger partial charge < -0.3 is 25.6 Å². The Kier molecular flexibility index (Phi) is 6.05. The van der Waals surface area contributed by atoms with Gasteiger partial charge in [-0.05, 0) is 41.8 Å². The summed E-state index contributed by atoms with van der Waals surface area (Å²) in [5.41, 5.74) is 3.40. The summed E-state index contributed by atoms with van der Waals surface area (Å²) in [5, 5.41) is 8.73. The van der Waals surface area contributed by atoms with Gasteiger partial charge in [0.05, 0.1) is 18.8 Å². The highest BCUT2D eigenvalue weighted by atomic mass is 35.5. The van der Waals surface area contributed by atoms with Gasteiger partial charge in [0.1, 0.15) is 5.75 Å².